The summed E-state index contributed by atoms with van der Waals surface area (Å²) in [6, 6.07) is 0. The molecule has 0 aliphatic heterocycles. The molecule has 0 saturated carbocycles. The molecule has 0 aliphatic carbocycles. The van der Waals surface area contributed by atoms with Gasteiger partial charge in [0.1, 0.15) is 0 Å². The third-order valence-corrected chi connectivity index (χ3v) is 2.27. The number of rotatable bonds is 8. The number of alkyl carbamates (subject to hydrolysis) is 1. The van der Waals surface area contributed by atoms with Crippen LogP contribution in [0.3, 0.4) is 0 Å². The summed E-state index contributed by atoms with van der Waals surface area (Å²) in [5.41, 5.74) is 0. The first-order valence-electron chi connectivity index (χ1n) is 5.69. The molecule has 8 nitrogen and oxygen atoms in total. The van der Waals surface area contributed by atoms with Gasteiger partial charge in [-0.15, -0.1) is 0 Å². The Bertz CT molecular complexity index is 308. The zero-order chi connectivity index (χ0) is 14.7. The number of esters is 1. The summed E-state index contributed by atoms with van der Waals surface area (Å²) in [5.74, 6) is -0.872. The molecule has 1 N–H and O–H groups in total. The molecule has 0 bridgehead atoms. The number of carbonyl (C=O) groups excluding carboxylic acids is 3. The van der Waals surface area contributed by atoms with Gasteiger partial charge in [0, 0.05) is 20.2 Å². The predicted molar refractivity (Wildman–Crippen MR) is 65.5 cm³/mol. The number of amides is 2. The molecule has 0 aliphatic rings. The van der Waals surface area contributed by atoms with Crippen LogP contribution in [-0.2, 0) is 23.8 Å². The van der Waals surface area contributed by atoms with Gasteiger partial charge in [-0.2, -0.15) is 0 Å². The molecule has 0 aromatic carbocycles. The number of methoxy groups -OCH3 is 3. The van der Waals surface area contributed by atoms with Crippen molar-refractivity contribution in [2.75, 3.05) is 47.6 Å². The molecule has 0 atom stereocenters. The topological polar surface area (TPSA) is 94.2 Å². The van der Waals surface area contributed by atoms with Gasteiger partial charge >= 0.3 is 12.1 Å². The minimum Gasteiger partial charge on any atom is -0.469 e. The molecule has 0 rings (SSSR count). The molecule has 0 unspecified atom stereocenters. The molecule has 0 saturated heterocycles. The molecule has 2 amide bonds. The van der Waals surface area contributed by atoms with Crippen molar-refractivity contribution in [3.8, 4) is 0 Å². The van der Waals surface area contributed by atoms with Crippen LogP contribution >= 0.6 is 0 Å². The van der Waals surface area contributed by atoms with Crippen molar-refractivity contribution in [1.29, 1.82) is 0 Å². The van der Waals surface area contributed by atoms with E-state index in [4.69, 9.17) is 4.74 Å². The van der Waals surface area contributed by atoms with Crippen molar-refractivity contribution >= 4 is 18.0 Å². The molecular weight excluding hydrogens is 256 g/mol. The average molecular weight is 276 g/mol. The van der Waals surface area contributed by atoms with E-state index in [0.717, 1.165) is 0 Å². The van der Waals surface area contributed by atoms with E-state index in [1.807, 2.05) is 5.32 Å². The largest absolute Gasteiger partial charge is 0.469 e. The molecule has 0 aromatic heterocycles. The van der Waals surface area contributed by atoms with Crippen molar-refractivity contribution < 1.29 is 28.6 Å². The lowest BCUT2D eigenvalue weighted by molar-refractivity contribution is -0.141. The van der Waals surface area contributed by atoms with Crippen molar-refractivity contribution in [2.24, 2.45) is 0 Å². The first kappa shape index (κ1) is 17.3. The molecule has 110 valence electrons. The summed E-state index contributed by atoms with van der Waals surface area (Å²) in [6.07, 6.45) is -0.657. The van der Waals surface area contributed by atoms with E-state index in [2.05, 4.69) is 9.47 Å². The number of hydrogen-bond acceptors (Lipinski definition) is 7. The highest BCUT2D eigenvalue weighted by Crippen LogP contribution is 1.94. The van der Waals surface area contributed by atoms with Crippen molar-refractivity contribution in [1.82, 2.24) is 10.2 Å². The van der Waals surface area contributed by atoms with Crippen LogP contribution in [0.2, 0.25) is 0 Å². The standard InChI is InChI=1S/C11H20N2O6/c1-17-7-6-13(5-4-10(15)18-2)8-9(14)12-11(16)19-3/h4-8H2,1-3H3,(H,12,14,16). The van der Waals surface area contributed by atoms with Gasteiger partial charge in [-0.3, -0.25) is 19.8 Å². The van der Waals surface area contributed by atoms with Crippen LogP contribution in [0.5, 0.6) is 0 Å². The lowest BCUT2D eigenvalue weighted by Gasteiger charge is -2.20. The minimum absolute atomic E-state index is 0.0323. The van der Waals surface area contributed by atoms with Gasteiger partial charge in [0.05, 0.1) is 33.8 Å². The first-order valence-corrected chi connectivity index (χ1v) is 5.69. The highest BCUT2D eigenvalue weighted by Gasteiger charge is 2.14. The predicted octanol–water partition coefficient (Wildman–Crippen LogP) is -0.619. The molecule has 0 radical (unpaired) electrons. The molecule has 8 heteroatoms. The van der Waals surface area contributed by atoms with Crippen LogP contribution in [0.1, 0.15) is 6.42 Å². The monoisotopic (exact) mass is 276 g/mol. The molecule has 0 heterocycles. The Labute approximate surface area is 112 Å². The molecule has 0 fully saturated rings. The van der Waals surface area contributed by atoms with Crippen LogP contribution in [0.25, 0.3) is 0 Å². The number of imide groups is 1. The van der Waals surface area contributed by atoms with E-state index >= 15 is 0 Å². The third kappa shape index (κ3) is 8.97. The second kappa shape index (κ2) is 10.3. The number of hydrogen-bond donors (Lipinski definition) is 1. The minimum atomic E-state index is -0.815. The highest BCUT2D eigenvalue weighted by molar-refractivity contribution is 5.92. The van der Waals surface area contributed by atoms with Crippen LogP contribution in [0.15, 0.2) is 0 Å². The fourth-order valence-corrected chi connectivity index (χ4v) is 1.25. The van der Waals surface area contributed by atoms with Gasteiger partial charge in [-0.1, -0.05) is 0 Å². The maximum Gasteiger partial charge on any atom is 0.413 e. The van der Waals surface area contributed by atoms with E-state index in [9.17, 15) is 14.4 Å². The van der Waals surface area contributed by atoms with Gasteiger partial charge in [0.25, 0.3) is 0 Å². The SMILES string of the molecule is COCCN(CCC(=O)OC)CC(=O)NC(=O)OC. The van der Waals surface area contributed by atoms with E-state index in [1.54, 1.807) is 4.90 Å². The maximum absolute atomic E-state index is 11.5. The molecule has 0 spiro atoms. The second-order valence-corrected chi connectivity index (χ2v) is 3.63. The van der Waals surface area contributed by atoms with E-state index in [-0.39, 0.29) is 18.9 Å². The van der Waals surface area contributed by atoms with Crippen LogP contribution in [-0.4, -0.2) is 70.4 Å². The number of carbonyl (C=O) groups is 3. The zero-order valence-electron chi connectivity index (χ0n) is 11.4. The third-order valence-electron chi connectivity index (χ3n) is 2.27. The van der Waals surface area contributed by atoms with Crippen LogP contribution < -0.4 is 5.32 Å². The Morgan fingerprint density at radius 2 is 1.74 bits per heavy atom. The van der Waals surface area contributed by atoms with Crippen molar-refractivity contribution in [3.05, 3.63) is 0 Å². The van der Waals surface area contributed by atoms with Gasteiger partial charge in [0.2, 0.25) is 5.91 Å². The second-order valence-electron chi connectivity index (χ2n) is 3.63. The summed E-state index contributed by atoms with van der Waals surface area (Å²) in [7, 11) is 4.00. The number of nitrogens with zero attached hydrogens (tertiary/aromatic N) is 1. The molecule has 0 aromatic rings. The Morgan fingerprint density at radius 3 is 2.26 bits per heavy atom. The average Bonchev–Trinajstić information content (AvgIpc) is 2.40. The highest BCUT2D eigenvalue weighted by atomic mass is 16.5. The molecular formula is C11H20N2O6. The van der Waals surface area contributed by atoms with Gasteiger partial charge in [0.15, 0.2) is 0 Å². The normalized spacial score (nSPS) is 10.1. The Morgan fingerprint density at radius 1 is 1.05 bits per heavy atom. The molecule has 19 heavy (non-hydrogen) atoms. The smallest absolute Gasteiger partial charge is 0.413 e. The van der Waals surface area contributed by atoms with Gasteiger partial charge in [-0.25, -0.2) is 4.79 Å². The van der Waals surface area contributed by atoms with Gasteiger partial charge in [-0.05, 0) is 0 Å². The zero-order valence-corrected chi connectivity index (χ0v) is 11.4. The summed E-state index contributed by atoms with van der Waals surface area (Å²) < 4.78 is 13.7. The van der Waals surface area contributed by atoms with Crippen LogP contribution in [0.4, 0.5) is 4.79 Å². The summed E-state index contributed by atoms with van der Waals surface area (Å²) in [6.45, 7) is 1.18. The lowest BCUT2D eigenvalue weighted by atomic mass is 10.3. The number of ether oxygens (including phenoxy) is 3. The Kier molecular flexibility index (Phi) is 9.37. The summed E-state index contributed by atoms with van der Waals surface area (Å²) in [4.78, 5) is 35.1. The summed E-state index contributed by atoms with van der Waals surface area (Å²) >= 11 is 0. The summed E-state index contributed by atoms with van der Waals surface area (Å²) in [5, 5.41) is 2.04. The van der Waals surface area contributed by atoms with E-state index < -0.39 is 12.0 Å². The Balaban J connectivity index is 4.20. The quantitative estimate of drug-likeness (QED) is 0.590. The fraction of sp³-hybridized carbons (Fsp3) is 0.727. The maximum atomic E-state index is 11.5. The van der Waals surface area contributed by atoms with Gasteiger partial charge < -0.3 is 14.2 Å². The number of nitrogens with one attached hydrogen (secondary N) is 1. The lowest BCUT2D eigenvalue weighted by Crippen LogP contribution is -2.41. The van der Waals surface area contributed by atoms with Crippen molar-refractivity contribution in [3.63, 3.8) is 0 Å². The van der Waals surface area contributed by atoms with E-state index in [0.29, 0.717) is 19.7 Å². The van der Waals surface area contributed by atoms with E-state index in [1.165, 1.54) is 21.3 Å². The van der Waals surface area contributed by atoms with Crippen LogP contribution in [0, 0.1) is 0 Å². The Hall–Kier alpha value is -1.67. The first-order chi connectivity index (χ1) is 9.03. The fourth-order valence-electron chi connectivity index (χ4n) is 1.25. The van der Waals surface area contributed by atoms with Crippen molar-refractivity contribution in [2.45, 2.75) is 6.42 Å².